The Morgan fingerprint density at radius 2 is 2.00 bits per heavy atom. The van der Waals surface area contributed by atoms with Crippen molar-refractivity contribution in [2.24, 2.45) is 0 Å². The number of halogens is 1. The fraction of sp³-hybridized carbons (Fsp3) is 1.00. The van der Waals surface area contributed by atoms with E-state index < -0.39 is 0 Å². The van der Waals surface area contributed by atoms with Crippen LogP contribution in [0.2, 0.25) is 0 Å². The van der Waals surface area contributed by atoms with Crippen LogP contribution in [0.3, 0.4) is 0 Å². The van der Waals surface area contributed by atoms with Crippen molar-refractivity contribution in [3.63, 3.8) is 0 Å². The average molecular weight is 223 g/mol. The maximum atomic E-state index is 5.23. The second-order valence-electron chi connectivity index (χ2n) is 2.83. The first-order valence-electron chi connectivity index (χ1n) is 4.49. The Balaban J connectivity index is 2.80. The summed E-state index contributed by atoms with van der Waals surface area (Å²) in [5.74, 6) is 0. The quantitative estimate of drug-likeness (QED) is 0.475. The molecule has 0 aromatic carbocycles. The van der Waals surface area contributed by atoms with E-state index in [0.29, 0.717) is 4.83 Å². The zero-order chi connectivity index (χ0) is 8.53. The summed E-state index contributed by atoms with van der Waals surface area (Å²) in [6.07, 6.45) is 5.12. The molecule has 0 rings (SSSR count). The van der Waals surface area contributed by atoms with Crippen LogP contribution in [0.1, 0.15) is 39.5 Å². The van der Waals surface area contributed by atoms with Gasteiger partial charge in [-0.3, -0.25) is 0 Å². The molecule has 0 fully saturated rings. The zero-order valence-corrected chi connectivity index (χ0v) is 9.19. The second-order valence-corrected chi connectivity index (χ2v) is 4.39. The molecule has 0 aliphatic rings. The number of hydrogen-bond acceptors (Lipinski definition) is 1. The molecule has 0 aromatic rings. The minimum Gasteiger partial charge on any atom is -0.382 e. The van der Waals surface area contributed by atoms with Crippen LogP contribution in [0.5, 0.6) is 0 Å². The topological polar surface area (TPSA) is 9.23 Å². The minimum atomic E-state index is 0.676. The summed E-state index contributed by atoms with van der Waals surface area (Å²) < 4.78 is 5.23. The molecule has 0 bridgehead atoms. The largest absolute Gasteiger partial charge is 0.382 e. The Labute approximate surface area is 78.6 Å². The maximum absolute atomic E-state index is 5.23. The molecule has 0 N–H and O–H groups in total. The van der Waals surface area contributed by atoms with Crippen LogP contribution in [0.25, 0.3) is 0 Å². The third kappa shape index (κ3) is 10.4. The summed E-state index contributed by atoms with van der Waals surface area (Å²) in [5, 5.41) is 0. The Hall–Kier alpha value is 0.440. The molecule has 0 heterocycles. The first kappa shape index (κ1) is 11.4. The van der Waals surface area contributed by atoms with Gasteiger partial charge in [-0.1, -0.05) is 35.7 Å². The maximum Gasteiger partial charge on any atom is 0.0465 e. The van der Waals surface area contributed by atoms with Crippen LogP contribution in [0.4, 0.5) is 0 Å². The number of hydrogen-bond donors (Lipinski definition) is 0. The van der Waals surface area contributed by atoms with Crippen LogP contribution >= 0.6 is 15.9 Å². The molecule has 0 saturated carbocycles. The van der Waals surface area contributed by atoms with Crippen molar-refractivity contribution in [2.45, 2.75) is 44.4 Å². The molecule has 0 aliphatic carbocycles. The van der Waals surface area contributed by atoms with Crippen molar-refractivity contribution in [3.05, 3.63) is 0 Å². The third-order valence-electron chi connectivity index (χ3n) is 1.59. The van der Waals surface area contributed by atoms with Crippen molar-refractivity contribution in [2.75, 3.05) is 13.2 Å². The first-order chi connectivity index (χ1) is 5.27. The lowest BCUT2D eigenvalue weighted by Crippen LogP contribution is -1.94. The summed E-state index contributed by atoms with van der Waals surface area (Å²) in [4.78, 5) is 0.676. The fourth-order valence-electron chi connectivity index (χ4n) is 0.951. The lowest BCUT2D eigenvalue weighted by molar-refractivity contribution is 0.143. The average Bonchev–Trinajstić information content (AvgIpc) is 1.96. The van der Waals surface area contributed by atoms with E-state index in [4.69, 9.17) is 4.74 Å². The smallest absolute Gasteiger partial charge is 0.0465 e. The van der Waals surface area contributed by atoms with Gasteiger partial charge >= 0.3 is 0 Å². The van der Waals surface area contributed by atoms with E-state index in [9.17, 15) is 0 Å². The van der Waals surface area contributed by atoms with Crippen LogP contribution in [-0.2, 0) is 4.74 Å². The van der Waals surface area contributed by atoms with E-state index >= 15 is 0 Å². The van der Waals surface area contributed by atoms with Gasteiger partial charge < -0.3 is 4.74 Å². The van der Waals surface area contributed by atoms with Gasteiger partial charge in [-0.15, -0.1) is 0 Å². The molecule has 68 valence electrons. The zero-order valence-electron chi connectivity index (χ0n) is 7.61. The van der Waals surface area contributed by atoms with Gasteiger partial charge in [-0.2, -0.15) is 0 Å². The Morgan fingerprint density at radius 3 is 2.55 bits per heavy atom. The SMILES string of the molecule is CCOCCCCCC(C)Br. The normalized spacial score (nSPS) is 13.4. The number of rotatable bonds is 7. The van der Waals surface area contributed by atoms with Crippen LogP contribution in [0.15, 0.2) is 0 Å². The highest BCUT2D eigenvalue weighted by atomic mass is 79.9. The van der Waals surface area contributed by atoms with Gasteiger partial charge in [0.25, 0.3) is 0 Å². The highest BCUT2D eigenvalue weighted by Gasteiger charge is 1.94. The molecule has 0 aliphatic heterocycles. The van der Waals surface area contributed by atoms with Gasteiger partial charge in [0.2, 0.25) is 0 Å². The Bertz CT molecular complexity index is 74.0. The molecule has 0 spiro atoms. The molecule has 1 unspecified atom stereocenters. The minimum absolute atomic E-state index is 0.676. The predicted octanol–water partition coefficient (Wildman–Crippen LogP) is 3.37. The van der Waals surface area contributed by atoms with Crippen molar-refractivity contribution >= 4 is 15.9 Å². The van der Waals surface area contributed by atoms with Gasteiger partial charge in [0.1, 0.15) is 0 Å². The molecule has 0 radical (unpaired) electrons. The highest BCUT2D eigenvalue weighted by Crippen LogP contribution is 2.09. The lowest BCUT2D eigenvalue weighted by Gasteiger charge is -2.02. The molecule has 0 saturated heterocycles. The van der Waals surface area contributed by atoms with E-state index in [0.717, 1.165) is 13.2 Å². The summed E-state index contributed by atoms with van der Waals surface area (Å²) in [6.45, 7) is 6.03. The molecule has 11 heavy (non-hydrogen) atoms. The van der Waals surface area contributed by atoms with Gasteiger partial charge in [0, 0.05) is 18.0 Å². The van der Waals surface area contributed by atoms with Crippen molar-refractivity contribution in [3.8, 4) is 0 Å². The molecule has 0 amide bonds. The standard InChI is InChI=1S/C9H19BrO/c1-3-11-8-6-4-5-7-9(2)10/h9H,3-8H2,1-2H3. The number of unbranched alkanes of at least 4 members (excludes halogenated alkanes) is 2. The third-order valence-corrected chi connectivity index (χ3v) is 2.05. The summed E-state index contributed by atoms with van der Waals surface area (Å²) >= 11 is 3.53. The van der Waals surface area contributed by atoms with E-state index in [-0.39, 0.29) is 0 Å². The summed E-state index contributed by atoms with van der Waals surface area (Å²) in [5.41, 5.74) is 0. The van der Waals surface area contributed by atoms with Crippen LogP contribution in [0, 0.1) is 0 Å². The highest BCUT2D eigenvalue weighted by molar-refractivity contribution is 9.09. The van der Waals surface area contributed by atoms with Crippen molar-refractivity contribution in [1.82, 2.24) is 0 Å². The number of ether oxygens (including phenoxy) is 1. The molecule has 2 heteroatoms. The molecule has 1 nitrogen and oxygen atoms in total. The summed E-state index contributed by atoms with van der Waals surface area (Å²) in [7, 11) is 0. The Morgan fingerprint density at radius 1 is 1.27 bits per heavy atom. The van der Waals surface area contributed by atoms with E-state index in [1.54, 1.807) is 0 Å². The predicted molar refractivity (Wildman–Crippen MR) is 53.4 cm³/mol. The molecular formula is C9H19BrO. The second kappa shape index (κ2) is 8.54. The molecule has 1 atom stereocenters. The fourth-order valence-corrected chi connectivity index (χ4v) is 1.27. The van der Waals surface area contributed by atoms with Gasteiger partial charge in [0.05, 0.1) is 0 Å². The Kier molecular flexibility index (Phi) is 8.88. The van der Waals surface area contributed by atoms with Gasteiger partial charge in [-0.05, 0) is 19.8 Å². The number of alkyl halides is 1. The van der Waals surface area contributed by atoms with E-state index in [2.05, 4.69) is 22.9 Å². The van der Waals surface area contributed by atoms with Crippen molar-refractivity contribution < 1.29 is 4.74 Å². The van der Waals surface area contributed by atoms with Crippen LogP contribution < -0.4 is 0 Å². The van der Waals surface area contributed by atoms with Crippen LogP contribution in [-0.4, -0.2) is 18.0 Å². The van der Waals surface area contributed by atoms with E-state index in [1.807, 2.05) is 6.92 Å². The first-order valence-corrected chi connectivity index (χ1v) is 5.40. The molecular weight excluding hydrogens is 204 g/mol. The van der Waals surface area contributed by atoms with Gasteiger partial charge in [0.15, 0.2) is 0 Å². The van der Waals surface area contributed by atoms with E-state index in [1.165, 1.54) is 25.7 Å². The van der Waals surface area contributed by atoms with Gasteiger partial charge in [-0.25, -0.2) is 0 Å². The lowest BCUT2D eigenvalue weighted by atomic mass is 10.2. The van der Waals surface area contributed by atoms with Crippen molar-refractivity contribution in [1.29, 1.82) is 0 Å². The summed E-state index contributed by atoms with van der Waals surface area (Å²) in [6, 6.07) is 0. The monoisotopic (exact) mass is 222 g/mol. The molecule has 0 aromatic heterocycles.